The molecule has 0 unspecified atom stereocenters. The van der Waals surface area contributed by atoms with E-state index in [1.807, 2.05) is 38.1 Å². The van der Waals surface area contributed by atoms with E-state index in [-0.39, 0.29) is 5.60 Å². The van der Waals surface area contributed by atoms with Crippen molar-refractivity contribution in [2.75, 3.05) is 7.11 Å². The molecule has 0 spiro atoms. The minimum atomic E-state index is -0.322. The topological polar surface area (TPSA) is 42.2 Å². The fraction of sp³-hybridized carbons (Fsp3) is 0.357. The van der Waals surface area contributed by atoms with Crippen molar-refractivity contribution in [1.82, 2.24) is 0 Å². The van der Waals surface area contributed by atoms with E-state index in [0.29, 0.717) is 12.2 Å². The van der Waals surface area contributed by atoms with Crippen LogP contribution in [0.5, 0.6) is 11.5 Å². The fourth-order valence-corrected chi connectivity index (χ4v) is 1.85. The molecule has 0 amide bonds. The highest BCUT2D eigenvalue weighted by atomic mass is 16.5. The minimum absolute atomic E-state index is 0.322. The van der Waals surface area contributed by atoms with E-state index in [0.717, 1.165) is 16.9 Å². The summed E-state index contributed by atoms with van der Waals surface area (Å²) >= 11 is 0. The molecule has 0 radical (unpaired) electrons. The standard InChI is InChI=1S/C14H15NO2/c1-14(2)6-4-11-8-10(5-7-15)9-12(16-3)13(11)17-14/h4,6,8-9H,5H2,1-3H3. The van der Waals surface area contributed by atoms with E-state index in [9.17, 15) is 0 Å². The van der Waals surface area contributed by atoms with Gasteiger partial charge in [-0.2, -0.15) is 5.26 Å². The van der Waals surface area contributed by atoms with Crippen LogP contribution in [0.25, 0.3) is 6.08 Å². The molecule has 0 aliphatic carbocycles. The SMILES string of the molecule is COc1cc(CC#N)cc2c1OC(C)(C)C=C2. The van der Waals surface area contributed by atoms with Gasteiger partial charge in [-0.3, -0.25) is 0 Å². The van der Waals surface area contributed by atoms with Gasteiger partial charge >= 0.3 is 0 Å². The summed E-state index contributed by atoms with van der Waals surface area (Å²) in [7, 11) is 1.61. The second kappa shape index (κ2) is 4.14. The number of fused-ring (bicyclic) bond motifs is 1. The Kier molecular flexibility index (Phi) is 2.81. The van der Waals surface area contributed by atoms with Gasteiger partial charge in [0.05, 0.1) is 19.6 Å². The van der Waals surface area contributed by atoms with Gasteiger partial charge in [-0.25, -0.2) is 0 Å². The monoisotopic (exact) mass is 229 g/mol. The number of hydrogen-bond acceptors (Lipinski definition) is 3. The maximum atomic E-state index is 8.73. The van der Waals surface area contributed by atoms with Crippen LogP contribution in [0.2, 0.25) is 0 Å². The first-order valence-corrected chi connectivity index (χ1v) is 5.52. The van der Waals surface area contributed by atoms with Gasteiger partial charge in [0, 0.05) is 5.56 Å². The Bertz CT molecular complexity index is 510. The number of methoxy groups -OCH3 is 1. The second-order valence-corrected chi connectivity index (χ2v) is 4.59. The molecule has 0 atom stereocenters. The van der Waals surface area contributed by atoms with Crippen molar-refractivity contribution in [2.45, 2.75) is 25.9 Å². The summed E-state index contributed by atoms with van der Waals surface area (Å²) in [6, 6.07) is 5.96. The van der Waals surface area contributed by atoms with Gasteiger partial charge in [-0.15, -0.1) is 0 Å². The van der Waals surface area contributed by atoms with E-state index in [2.05, 4.69) is 6.07 Å². The minimum Gasteiger partial charge on any atom is -0.493 e. The normalized spacial score (nSPS) is 15.6. The third-order valence-corrected chi connectivity index (χ3v) is 2.68. The fourth-order valence-electron chi connectivity index (χ4n) is 1.85. The molecule has 1 heterocycles. The Labute approximate surface area is 101 Å². The largest absolute Gasteiger partial charge is 0.493 e. The molecule has 0 saturated heterocycles. The summed E-state index contributed by atoms with van der Waals surface area (Å²) in [6.07, 6.45) is 4.40. The summed E-state index contributed by atoms with van der Waals surface area (Å²) < 4.78 is 11.2. The first-order valence-electron chi connectivity index (χ1n) is 5.52. The van der Waals surface area contributed by atoms with Crippen molar-refractivity contribution in [1.29, 1.82) is 5.26 Å². The molecule has 3 heteroatoms. The first kappa shape index (κ1) is 11.5. The Morgan fingerprint density at radius 3 is 2.82 bits per heavy atom. The molecule has 0 bridgehead atoms. The zero-order valence-electron chi connectivity index (χ0n) is 10.3. The van der Waals surface area contributed by atoms with E-state index in [4.69, 9.17) is 14.7 Å². The average molecular weight is 229 g/mol. The van der Waals surface area contributed by atoms with Crippen LogP contribution in [0.15, 0.2) is 18.2 Å². The van der Waals surface area contributed by atoms with Crippen LogP contribution in [-0.4, -0.2) is 12.7 Å². The molecule has 3 nitrogen and oxygen atoms in total. The predicted octanol–water partition coefficient (Wildman–Crippen LogP) is 2.95. The van der Waals surface area contributed by atoms with Gasteiger partial charge in [-0.1, -0.05) is 6.08 Å². The third-order valence-electron chi connectivity index (χ3n) is 2.68. The lowest BCUT2D eigenvalue weighted by molar-refractivity contribution is 0.152. The second-order valence-electron chi connectivity index (χ2n) is 4.59. The van der Waals surface area contributed by atoms with Crippen LogP contribution >= 0.6 is 0 Å². The lowest BCUT2D eigenvalue weighted by Gasteiger charge is -2.29. The van der Waals surface area contributed by atoms with Crippen molar-refractivity contribution in [3.63, 3.8) is 0 Å². The average Bonchev–Trinajstić information content (AvgIpc) is 2.28. The van der Waals surface area contributed by atoms with Crippen LogP contribution in [0.1, 0.15) is 25.0 Å². The van der Waals surface area contributed by atoms with Crippen LogP contribution in [0.3, 0.4) is 0 Å². The number of nitrogens with zero attached hydrogens (tertiary/aromatic N) is 1. The summed E-state index contributed by atoms with van der Waals surface area (Å²) in [5.74, 6) is 1.44. The zero-order valence-corrected chi connectivity index (χ0v) is 10.3. The van der Waals surface area contributed by atoms with Crippen molar-refractivity contribution in [3.8, 4) is 17.6 Å². The molecule has 2 rings (SSSR count). The Hall–Kier alpha value is -1.95. The maximum Gasteiger partial charge on any atom is 0.169 e. The van der Waals surface area contributed by atoms with Crippen LogP contribution in [0, 0.1) is 11.3 Å². The Morgan fingerprint density at radius 1 is 1.41 bits per heavy atom. The molecule has 1 aromatic rings. The Morgan fingerprint density at radius 2 is 2.18 bits per heavy atom. The van der Waals surface area contributed by atoms with Crippen molar-refractivity contribution >= 4 is 6.08 Å². The van der Waals surface area contributed by atoms with E-state index in [1.165, 1.54) is 0 Å². The van der Waals surface area contributed by atoms with Gasteiger partial charge in [0.25, 0.3) is 0 Å². The van der Waals surface area contributed by atoms with Crippen molar-refractivity contribution in [3.05, 3.63) is 29.3 Å². The molecule has 17 heavy (non-hydrogen) atoms. The van der Waals surface area contributed by atoms with Gasteiger partial charge in [0.1, 0.15) is 5.60 Å². The molecule has 0 saturated carbocycles. The summed E-state index contributed by atoms with van der Waals surface area (Å²) in [5, 5.41) is 8.73. The van der Waals surface area contributed by atoms with E-state index in [1.54, 1.807) is 7.11 Å². The third kappa shape index (κ3) is 2.26. The molecule has 1 aliphatic heterocycles. The number of benzene rings is 1. The van der Waals surface area contributed by atoms with Crippen molar-refractivity contribution < 1.29 is 9.47 Å². The summed E-state index contributed by atoms with van der Waals surface area (Å²) in [5.41, 5.74) is 1.58. The molecular formula is C14H15NO2. The lowest BCUT2D eigenvalue weighted by Crippen LogP contribution is -2.27. The molecule has 1 aliphatic rings. The summed E-state index contributed by atoms with van der Waals surface area (Å²) in [6.45, 7) is 3.99. The number of rotatable bonds is 2. The molecular weight excluding hydrogens is 214 g/mol. The van der Waals surface area contributed by atoms with E-state index >= 15 is 0 Å². The van der Waals surface area contributed by atoms with Gasteiger partial charge < -0.3 is 9.47 Å². The zero-order chi connectivity index (χ0) is 12.5. The Balaban J connectivity index is 2.51. The van der Waals surface area contributed by atoms with E-state index < -0.39 is 0 Å². The van der Waals surface area contributed by atoms with Gasteiger partial charge in [-0.05, 0) is 37.6 Å². The smallest absolute Gasteiger partial charge is 0.169 e. The number of ether oxygens (including phenoxy) is 2. The molecule has 0 aromatic heterocycles. The summed E-state index contributed by atoms with van der Waals surface area (Å²) in [4.78, 5) is 0. The molecule has 0 fully saturated rings. The quantitative estimate of drug-likeness (QED) is 0.783. The maximum absolute atomic E-state index is 8.73. The van der Waals surface area contributed by atoms with Gasteiger partial charge in [0.2, 0.25) is 0 Å². The molecule has 0 N–H and O–H groups in total. The first-order chi connectivity index (χ1) is 8.05. The highest BCUT2D eigenvalue weighted by Crippen LogP contribution is 2.39. The number of nitriles is 1. The van der Waals surface area contributed by atoms with Gasteiger partial charge in [0.15, 0.2) is 11.5 Å². The number of hydrogen-bond donors (Lipinski definition) is 0. The lowest BCUT2D eigenvalue weighted by atomic mass is 9.99. The van der Waals surface area contributed by atoms with Crippen LogP contribution in [-0.2, 0) is 6.42 Å². The molecule has 88 valence electrons. The highest BCUT2D eigenvalue weighted by Gasteiger charge is 2.24. The van der Waals surface area contributed by atoms with Crippen LogP contribution in [0.4, 0.5) is 0 Å². The highest BCUT2D eigenvalue weighted by molar-refractivity contribution is 5.66. The predicted molar refractivity (Wildman–Crippen MR) is 66.1 cm³/mol. The van der Waals surface area contributed by atoms with Crippen molar-refractivity contribution in [2.24, 2.45) is 0 Å². The molecule has 1 aromatic carbocycles. The van der Waals surface area contributed by atoms with Crippen LogP contribution < -0.4 is 9.47 Å².